The predicted molar refractivity (Wildman–Crippen MR) is 122 cm³/mol. The molecule has 2 aromatic carbocycles. The number of anilines is 3. The zero-order valence-corrected chi connectivity index (χ0v) is 19.4. The number of hydrogen-bond acceptors (Lipinski definition) is 6. The Morgan fingerprint density at radius 3 is 2.41 bits per heavy atom. The average Bonchev–Trinajstić information content (AvgIpc) is 3.16. The number of nitrogens with one attached hydrogen (secondary N) is 1. The first kappa shape index (κ1) is 22.6. The summed E-state index contributed by atoms with van der Waals surface area (Å²) >= 11 is 6.24. The molecule has 2 amide bonds. The highest BCUT2D eigenvalue weighted by atomic mass is 35.5. The van der Waals surface area contributed by atoms with Crippen molar-refractivity contribution < 1.29 is 26.4 Å². The second-order valence-corrected chi connectivity index (χ2v) is 12.0. The molecule has 12 heteroatoms. The van der Waals surface area contributed by atoms with E-state index in [1.54, 1.807) is 24.3 Å². The van der Waals surface area contributed by atoms with Gasteiger partial charge in [0, 0.05) is 12.2 Å². The largest absolute Gasteiger partial charge is 0.322 e. The van der Waals surface area contributed by atoms with E-state index in [1.165, 1.54) is 29.4 Å². The highest BCUT2D eigenvalue weighted by Crippen LogP contribution is 2.32. The van der Waals surface area contributed by atoms with Crippen molar-refractivity contribution in [2.24, 2.45) is 5.92 Å². The molecule has 2 aromatic rings. The molecule has 4 rings (SSSR count). The fraction of sp³-hybridized carbons (Fsp3) is 0.300. The fourth-order valence-electron chi connectivity index (χ4n) is 3.77. The molecule has 9 nitrogen and oxygen atoms in total. The van der Waals surface area contributed by atoms with Gasteiger partial charge in [-0.1, -0.05) is 24.6 Å². The zero-order valence-electron chi connectivity index (χ0n) is 17.0. The molecule has 170 valence electrons. The number of carbonyl (C=O) groups excluding carboxylic acids is 2. The van der Waals surface area contributed by atoms with Crippen LogP contribution in [0.25, 0.3) is 0 Å². The lowest BCUT2D eigenvalue weighted by atomic mass is 10.1. The van der Waals surface area contributed by atoms with Crippen molar-refractivity contribution >= 4 is 60.5 Å². The number of hydrogen-bond donors (Lipinski definition) is 1. The van der Waals surface area contributed by atoms with Crippen LogP contribution < -0.4 is 13.9 Å². The minimum Gasteiger partial charge on any atom is -0.322 e. The van der Waals surface area contributed by atoms with E-state index in [4.69, 9.17) is 11.6 Å². The molecule has 1 N–H and O–H groups in total. The van der Waals surface area contributed by atoms with E-state index in [0.29, 0.717) is 28.6 Å². The average molecular weight is 498 g/mol. The van der Waals surface area contributed by atoms with Gasteiger partial charge < -0.3 is 5.32 Å². The summed E-state index contributed by atoms with van der Waals surface area (Å²) in [7, 11) is -7.15. The monoisotopic (exact) mass is 497 g/mol. The first-order chi connectivity index (χ1) is 15.0. The summed E-state index contributed by atoms with van der Waals surface area (Å²) in [5, 5.41) is 2.64. The highest BCUT2D eigenvalue weighted by molar-refractivity contribution is 7.94. The van der Waals surface area contributed by atoms with Crippen LogP contribution in [-0.2, 0) is 24.8 Å². The Morgan fingerprint density at radius 2 is 1.81 bits per heavy atom. The van der Waals surface area contributed by atoms with E-state index in [1.807, 2.05) is 0 Å². The maximum Gasteiger partial charge on any atom is 0.257 e. The van der Waals surface area contributed by atoms with Gasteiger partial charge in [-0.3, -0.25) is 13.9 Å². The summed E-state index contributed by atoms with van der Waals surface area (Å²) in [5.74, 6) is -1.97. The number of sulfonamides is 2. The van der Waals surface area contributed by atoms with Gasteiger partial charge in [0.05, 0.1) is 39.4 Å². The molecule has 2 saturated heterocycles. The standard InChI is InChI=1S/C20H20ClN3O6S2/c1-13-12-32(29,30)24(20(13)26)16-6-7-17(18(21)11-16)19(25)22-14-4-2-5-15(10-14)23-8-3-9-31(23,27)28/h2,4-7,10-11,13H,3,8-9,12H2,1H3,(H,22,25). The van der Waals surface area contributed by atoms with Crippen LogP contribution in [-0.4, -0.2) is 46.7 Å². The van der Waals surface area contributed by atoms with Gasteiger partial charge in [-0.2, -0.15) is 0 Å². The molecular formula is C20H20ClN3O6S2. The zero-order chi connectivity index (χ0) is 23.3. The van der Waals surface area contributed by atoms with Crippen LogP contribution in [0.4, 0.5) is 17.1 Å². The van der Waals surface area contributed by atoms with Gasteiger partial charge in [-0.05, 0) is 42.8 Å². The molecule has 0 aromatic heterocycles. The molecule has 0 spiro atoms. The lowest BCUT2D eigenvalue weighted by molar-refractivity contribution is -0.119. The second-order valence-electron chi connectivity index (χ2n) is 7.69. The van der Waals surface area contributed by atoms with Crippen LogP contribution in [0.15, 0.2) is 42.5 Å². The van der Waals surface area contributed by atoms with E-state index >= 15 is 0 Å². The van der Waals surface area contributed by atoms with Crippen LogP contribution >= 0.6 is 11.6 Å². The highest BCUT2D eigenvalue weighted by Gasteiger charge is 2.42. The molecule has 2 heterocycles. The Balaban J connectivity index is 1.56. The van der Waals surface area contributed by atoms with Gasteiger partial charge in [0.2, 0.25) is 26.0 Å². The van der Waals surface area contributed by atoms with E-state index in [-0.39, 0.29) is 27.8 Å². The lowest BCUT2D eigenvalue weighted by Crippen LogP contribution is -2.30. The van der Waals surface area contributed by atoms with Crippen molar-refractivity contribution in [2.45, 2.75) is 13.3 Å². The van der Waals surface area contributed by atoms with Crippen molar-refractivity contribution in [3.8, 4) is 0 Å². The lowest BCUT2D eigenvalue weighted by Gasteiger charge is -2.18. The number of halogens is 1. The SMILES string of the molecule is CC1CS(=O)(=O)N(c2ccc(C(=O)Nc3cccc(N4CCCS4(=O)=O)c3)c(Cl)c2)C1=O. The molecular weight excluding hydrogens is 478 g/mol. The molecule has 0 saturated carbocycles. The molecule has 0 aliphatic carbocycles. The Hall–Kier alpha value is -2.63. The second kappa shape index (κ2) is 8.05. The molecule has 1 unspecified atom stereocenters. The van der Waals surface area contributed by atoms with Crippen molar-refractivity contribution in [2.75, 3.05) is 32.0 Å². The maximum atomic E-state index is 12.7. The van der Waals surface area contributed by atoms with Gasteiger partial charge in [0.1, 0.15) is 0 Å². The van der Waals surface area contributed by atoms with Crippen LogP contribution in [0.5, 0.6) is 0 Å². The number of benzene rings is 2. The van der Waals surface area contributed by atoms with Crippen LogP contribution in [0.1, 0.15) is 23.7 Å². The van der Waals surface area contributed by atoms with Gasteiger partial charge in [-0.25, -0.2) is 21.1 Å². The van der Waals surface area contributed by atoms with E-state index in [2.05, 4.69) is 5.32 Å². The van der Waals surface area contributed by atoms with Crippen LogP contribution in [0, 0.1) is 5.92 Å². The first-order valence-corrected chi connectivity index (χ1v) is 13.4. The van der Waals surface area contributed by atoms with E-state index in [0.717, 1.165) is 0 Å². The molecule has 32 heavy (non-hydrogen) atoms. The third kappa shape index (κ3) is 4.07. The third-order valence-corrected chi connectivity index (χ3v) is 9.33. The number of rotatable bonds is 4. The topological polar surface area (TPSA) is 121 Å². The summed E-state index contributed by atoms with van der Waals surface area (Å²) in [6.45, 7) is 1.91. The first-order valence-electron chi connectivity index (χ1n) is 9.78. The summed E-state index contributed by atoms with van der Waals surface area (Å²) in [5.41, 5.74) is 0.975. The quantitative estimate of drug-likeness (QED) is 0.692. The van der Waals surface area contributed by atoms with Gasteiger partial charge >= 0.3 is 0 Å². The Kier molecular flexibility index (Phi) is 5.68. The summed E-state index contributed by atoms with van der Waals surface area (Å²) in [6.07, 6.45) is 0.537. The minimum atomic E-state index is -3.79. The molecule has 0 bridgehead atoms. The molecule has 0 radical (unpaired) electrons. The molecule has 2 aliphatic heterocycles. The van der Waals surface area contributed by atoms with Crippen molar-refractivity contribution in [1.82, 2.24) is 0 Å². The molecule has 1 atom stereocenters. The number of carbonyl (C=O) groups is 2. The molecule has 2 fully saturated rings. The maximum absolute atomic E-state index is 12.7. The predicted octanol–water partition coefficient (Wildman–Crippen LogP) is 2.44. The smallest absolute Gasteiger partial charge is 0.257 e. The van der Waals surface area contributed by atoms with Crippen molar-refractivity contribution in [1.29, 1.82) is 0 Å². The summed E-state index contributed by atoms with van der Waals surface area (Å²) in [4.78, 5) is 25.0. The third-order valence-electron chi connectivity index (χ3n) is 5.28. The Bertz CT molecular complexity index is 1330. The van der Waals surface area contributed by atoms with Gasteiger partial charge in [0.25, 0.3) is 5.91 Å². The van der Waals surface area contributed by atoms with Crippen LogP contribution in [0.2, 0.25) is 5.02 Å². The number of amides is 2. The van der Waals surface area contributed by atoms with Crippen molar-refractivity contribution in [3.63, 3.8) is 0 Å². The number of nitrogens with zero attached hydrogens (tertiary/aromatic N) is 2. The van der Waals surface area contributed by atoms with Crippen LogP contribution in [0.3, 0.4) is 0 Å². The normalized spacial score (nSPS) is 21.7. The minimum absolute atomic E-state index is 0.0270. The Labute approximate surface area is 191 Å². The van der Waals surface area contributed by atoms with Crippen molar-refractivity contribution in [3.05, 3.63) is 53.1 Å². The molecule has 2 aliphatic rings. The van der Waals surface area contributed by atoms with E-state index in [9.17, 15) is 26.4 Å². The summed E-state index contributed by atoms with van der Waals surface area (Å²) in [6, 6.07) is 10.4. The van der Waals surface area contributed by atoms with Gasteiger partial charge in [0.15, 0.2) is 0 Å². The fourth-order valence-corrected chi connectivity index (χ4v) is 7.40. The van der Waals surface area contributed by atoms with Gasteiger partial charge in [-0.15, -0.1) is 0 Å². The Morgan fingerprint density at radius 1 is 1.06 bits per heavy atom. The summed E-state index contributed by atoms with van der Waals surface area (Å²) < 4.78 is 50.9. The van der Waals surface area contributed by atoms with E-state index < -0.39 is 37.8 Å².